The fourth-order valence-electron chi connectivity index (χ4n) is 4.83. The number of aryl methyl sites for hydroxylation is 1. The summed E-state index contributed by atoms with van der Waals surface area (Å²) in [6.45, 7) is 5.41. The standard InChI is InChI=1S/C26H35ClN4O3/c1-4-15-34-26(33)31-13-11-30(12-14-31)25(32)19-6-7-20-23(17-19)28-22-8-5-18(9-10-29(2)3)16-21(22)24(20)27/h6-7,17-18H,4-5,8-16H2,1-3H3. The first kappa shape index (κ1) is 24.7. The zero-order chi connectivity index (χ0) is 24.2. The maximum absolute atomic E-state index is 13.2. The molecule has 1 aliphatic carbocycles. The Morgan fingerprint density at radius 3 is 2.62 bits per heavy atom. The lowest BCUT2D eigenvalue weighted by atomic mass is 9.84. The van der Waals surface area contributed by atoms with E-state index in [1.807, 2.05) is 25.1 Å². The zero-order valence-electron chi connectivity index (χ0n) is 20.5. The first-order valence-corrected chi connectivity index (χ1v) is 12.7. The number of rotatable bonds is 6. The molecule has 1 aliphatic heterocycles. The van der Waals surface area contributed by atoms with Gasteiger partial charge >= 0.3 is 6.09 Å². The second-order valence-corrected chi connectivity index (χ2v) is 10.1. The minimum absolute atomic E-state index is 0.0390. The molecule has 1 saturated heterocycles. The summed E-state index contributed by atoms with van der Waals surface area (Å²) in [7, 11) is 4.22. The molecule has 7 nitrogen and oxygen atoms in total. The monoisotopic (exact) mass is 486 g/mol. The number of nitrogens with zero attached hydrogens (tertiary/aromatic N) is 4. The van der Waals surface area contributed by atoms with E-state index in [1.165, 1.54) is 5.56 Å². The molecule has 0 spiro atoms. The molecule has 1 aromatic carbocycles. The predicted octanol–water partition coefficient (Wildman–Crippen LogP) is 4.25. The Hall–Kier alpha value is -2.38. The van der Waals surface area contributed by atoms with Crippen LogP contribution in [0.4, 0.5) is 4.79 Å². The Kier molecular flexibility index (Phi) is 7.94. The average Bonchev–Trinajstić information content (AvgIpc) is 2.85. The van der Waals surface area contributed by atoms with Crippen LogP contribution >= 0.6 is 11.6 Å². The molecule has 0 radical (unpaired) electrons. The predicted molar refractivity (Wildman–Crippen MR) is 135 cm³/mol. The Bertz CT molecular complexity index is 1050. The Morgan fingerprint density at radius 2 is 1.91 bits per heavy atom. The summed E-state index contributed by atoms with van der Waals surface area (Å²) < 4.78 is 5.21. The van der Waals surface area contributed by atoms with Gasteiger partial charge in [-0.05, 0) is 76.4 Å². The number of carbonyl (C=O) groups is 2. The van der Waals surface area contributed by atoms with Crippen molar-refractivity contribution in [3.05, 3.63) is 40.0 Å². The highest BCUT2D eigenvalue weighted by Crippen LogP contribution is 2.36. The van der Waals surface area contributed by atoms with Crippen LogP contribution in [-0.4, -0.2) is 85.1 Å². The highest BCUT2D eigenvalue weighted by molar-refractivity contribution is 6.36. The van der Waals surface area contributed by atoms with Gasteiger partial charge in [-0.15, -0.1) is 0 Å². The topological polar surface area (TPSA) is 66.0 Å². The molecule has 2 aliphatic rings. The molecule has 1 atom stereocenters. The molecule has 2 amide bonds. The Balaban J connectivity index is 1.45. The second-order valence-electron chi connectivity index (χ2n) is 9.68. The van der Waals surface area contributed by atoms with E-state index in [0.717, 1.165) is 60.3 Å². The average molecular weight is 487 g/mol. The number of hydrogen-bond acceptors (Lipinski definition) is 5. The van der Waals surface area contributed by atoms with Crippen LogP contribution in [0.1, 0.15) is 47.8 Å². The van der Waals surface area contributed by atoms with Crippen LogP contribution < -0.4 is 0 Å². The molecule has 0 saturated carbocycles. The molecule has 8 heteroatoms. The van der Waals surface area contributed by atoms with E-state index in [2.05, 4.69) is 19.0 Å². The number of hydrogen-bond donors (Lipinski definition) is 0. The molecular formula is C26H35ClN4O3. The number of amides is 2. The van der Waals surface area contributed by atoms with Crippen LogP contribution in [0.15, 0.2) is 18.2 Å². The van der Waals surface area contributed by atoms with Crippen molar-refractivity contribution in [3.63, 3.8) is 0 Å². The first-order valence-electron chi connectivity index (χ1n) is 12.3. The molecule has 34 heavy (non-hydrogen) atoms. The molecule has 184 valence electrons. The third-order valence-corrected chi connectivity index (χ3v) is 7.30. The van der Waals surface area contributed by atoms with E-state index in [4.69, 9.17) is 21.3 Å². The number of aromatic nitrogens is 1. The van der Waals surface area contributed by atoms with Crippen LogP contribution in [0.5, 0.6) is 0 Å². The van der Waals surface area contributed by atoms with Gasteiger partial charge in [0.25, 0.3) is 5.91 Å². The van der Waals surface area contributed by atoms with Crippen molar-refractivity contribution < 1.29 is 14.3 Å². The van der Waals surface area contributed by atoms with E-state index in [0.29, 0.717) is 44.3 Å². The molecule has 1 unspecified atom stereocenters. The van der Waals surface area contributed by atoms with Gasteiger partial charge in [0.2, 0.25) is 0 Å². The van der Waals surface area contributed by atoms with E-state index < -0.39 is 0 Å². The van der Waals surface area contributed by atoms with Crippen molar-refractivity contribution in [2.75, 3.05) is 53.4 Å². The zero-order valence-corrected chi connectivity index (χ0v) is 21.2. The highest BCUT2D eigenvalue weighted by Gasteiger charge is 2.27. The lowest BCUT2D eigenvalue weighted by Crippen LogP contribution is -2.50. The van der Waals surface area contributed by atoms with Crippen LogP contribution in [0, 0.1) is 5.92 Å². The summed E-state index contributed by atoms with van der Waals surface area (Å²) in [5, 5.41) is 1.70. The van der Waals surface area contributed by atoms with E-state index in [9.17, 15) is 9.59 Å². The fraction of sp³-hybridized carbons (Fsp3) is 0.577. The molecule has 0 N–H and O–H groups in total. The number of carbonyl (C=O) groups excluding carboxylic acids is 2. The van der Waals surface area contributed by atoms with Crippen molar-refractivity contribution in [1.82, 2.24) is 19.7 Å². The van der Waals surface area contributed by atoms with E-state index in [1.54, 1.807) is 9.80 Å². The van der Waals surface area contributed by atoms with Crippen molar-refractivity contribution in [3.8, 4) is 0 Å². The number of benzene rings is 1. The molecule has 1 aromatic heterocycles. The largest absolute Gasteiger partial charge is 0.449 e. The number of halogens is 1. The van der Waals surface area contributed by atoms with Gasteiger partial charge in [0, 0.05) is 42.8 Å². The minimum Gasteiger partial charge on any atom is -0.449 e. The van der Waals surface area contributed by atoms with Crippen molar-refractivity contribution in [2.45, 2.75) is 39.0 Å². The van der Waals surface area contributed by atoms with Gasteiger partial charge in [0.05, 0.1) is 17.1 Å². The Morgan fingerprint density at radius 1 is 1.18 bits per heavy atom. The number of piperazine rings is 1. The molecular weight excluding hydrogens is 452 g/mol. The van der Waals surface area contributed by atoms with Gasteiger partial charge < -0.3 is 19.4 Å². The maximum Gasteiger partial charge on any atom is 0.409 e. The summed E-state index contributed by atoms with van der Waals surface area (Å²) in [5.41, 5.74) is 3.64. The summed E-state index contributed by atoms with van der Waals surface area (Å²) in [6.07, 6.45) is 4.68. The van der Waals surface area contributed by atoms with Crippen molar-refractivity contribution >= 4 is 34.5 Å². The second kappa shape index (κ2) is 10.9. The molecule has 2 heterocycles. The third kappa shape index (κ3) is 5.47. The van der Waals surface area contributed by atoms with Crippen LogP contribution in [0.3, 0.4) is 0 Å². The first-order chi connectivity index (χ1) is 16.4. The summed E-state index contributed by atoms with van der Waals surface area (Å²) in [6, 6.07) is 5.64. The Labute approximate surface area is 207 Å². The third-order valence-electron chi connectivity index (χ3n) is 6.87. The number of ether oxygens (including phenoxy) is 1. The number of fused-ring (bicyclic) bond motifs is 2. The molecule has 4 rings (SSSR count). The smallest absolute Gasteiger partial charge is 0.409 e. The SMILES string of the molecule is CCCOC(=O)N1CCN(C(=O)c2ccc3c(Cl)c4c(nc3c2)CCC(CCN(C)C)C4)CC1. The molecule has 0 bridgehead atoms. The maximum atomic E-state index is 13.2. The van der Waals surface area contributed by atoms with Crippen LogP contribution in [-0.2, 0) is 17.6 Å². The van der Waals surface area contributed by atoms with E-state index in [-0.39, 0.29) is 12.0 Å². The van der Waals surface area contributed by atoms with Gasteiger partial charge in [-0.2, -0.15) is 0 Å². The minimum atomic E-state index is -0.299. The van der Waals surface area contributed by atoms with Gasteiger partial charge in [0.1, 0.15) is 0 Å². The van der Waals surface area contributed by atoms with Crippen LogP contribution in [0.25, 0.3) is 10.9 Å². The van der Waals surface area contributed by atoms with Gasteiger partial charge in [0.15, 0.2) is 0 Å². The summed E-state index contributed by atoms with van der Waals surface area (Å²) in [4.78, 5) is 35.8. The summed E-state index contributed by atoms with van der Waals surface area (Å²) in [5.74, 6) is 0.591. The van der Waals surface area contributed by atoms with Gasteiger partial charge in [-0.25, -0.2) is 4.79 Å². The fourth-order valence-corrected chi connectivity index (χ4v) is 5.18. The summed E-state index contributed by atoms with van der Waals surface area (Å²) >= 11 is 6.85. The number of pyridine rings is 1. The van der Waals surface area contributed by atoms with Crippen LogP contribution in [0.2, 0.25) is 5.02 Å². The normalized spacial score (nSPS) is 18.3. The molecule has 2 aromatic rings. The van der Waals surface area contributed by atoms with Crippen molar-refractivity contribution in [2.24, 2.45) is 5.92 Å². The lowest BCUT2D eigenvalue weighted by molar-refractivity contribution is 0.0560. The quantitative estimate of drug-likeness (QED) is 0.610. The van der Waals surface area contributed by atoms with Crippen molar-refractivity contribution in [1.29, 1.82) is 0 Å². The van der Waals surface area contributed by atoms with Gasteiger partial charge in [-0.3, -0.25) is 9.78 Å². The molecule has 1 fully saturated rings. The lowest BCUT2D eigenvalue weighted by Gasteiger charge is -2.34. The highest BCUT2D eigenvalue weighted by atomic mass is 35.5. The van der Waals surface area contributed by atoms with E-state index >= 15 is 0 Å². The van der Waals surface area contributed by atoms with Gasteiger partial charge in [-0.1, -0.05) is 24.6 Å².